The van der Waals surface area contributed by atoms with Gasteiger partial charge >= 0.3 is 0 Å². The summed E-state index contributed by atoms with van der Waals surface area (Å²) in [6.45, 7) is 5.36. The fraction of sp³-hybridized carbons (Fsp3) is 0.529. The first-order valence-electron chi connectivity index (χ1n) is 8.72. The molecule has 0 bridgehead atoms. The number of hydrogen-bond acceptors (Lipinski definition) is 5. The average Bonchev–Trinajstić information content (AvgIpc) is 3.17. The molecule has 7 nitrogen and oxygen atoms in total. The van der Waals surface area contributed by atoms with E-state index in [0.717, 1.165) is 28.3 Å². The number of carbonyl (C=O) groups is 1. The van der Waals surface area contributed by atoms with E-state index in [1.165, 1.54) is 10.4 Å². The van der Waals surface area contributed by atoms with E-state index in [-0.39, 0.29) is 10.1 Å². The zero-order chi connectivity index (χ0) is 19.8. The van der Waals surface area contributed by atoms with E-state index in [2.05, 4.69) is 5.10 Å². The van der Waals surface area contributed by atoms with Crippen LogP contribution in [0.1, 0.15) is 23.4 Å². The number of thiophene rings is 1. The molecular weight excluding hydrogens is 408 g/mol. The molecule has 2 aromatic rings. The molecule has 0 unspecified atom stereocenters. The van der Waals surface area contributed by atoms with Gasteiger partial charge in [0.1, 0.15) is 4.21 Å². The van der Waals surface area contributed by atoms with Gasteiger partial charge in [-0.05, 0) is 38.0 Å². The molecule has 10 heteroatoms. The molecule has 1 aliphatic rings. The zero-order valence-electron chi connectivity index (χ0n) is 15.6. The van der Waals surface area contributed by atoms with Crippen molar-refractivity contribution in [1.82, 2.24) is 19.0 Å². The zero-order valence-corrected chi connectivity index (χ0v) is 18.0. The predicted molar refractivity (Wildman–Crippen MR) is 106 cm³/mol. The SMILES string of the molecule is Cc1nn(C)c(C)c1CCC(=O)N1CCN(S(=O)(=O)c2ccc(Cl)s2)CC1. The fourth-order valence-corrected chi connectivity index (χ4v) is 6.37. The Balaban J connectivity index is 1.56. The van der Waals surface area contributed by atoms with E-state index >= 15 is 0 Å². The minimum Gasteiger partial charge on any atom is -0.340 e. The maximum Gasteiger partial charge on any atom is 0.252 e. The van der Waals surface area contributed by atoms with Gasteiger partial charge in [-0.25, -0.2) is 8.42 Å². The number of rotatable bonds is 5. The molecule has 0 N–H and O–H groups in total. The van der Waals surface area contributed by atoms with Gasteiger partial charge in [0.15, 0.2) is 0 Å². The van der Waals surface area contributed by atoms with Gasteiger partial charge in [-0.15, -0.1) is 11.3 Å². The molecule has 148 valence electrons. The van der Waals surface area contributed by atoms with Crippen molar-refractivity contribution < 1.29 is 13.2 Å². The van der Waals surface area contributed by atoms with Gasteiger partial charge in [0.25, 0.3) is 10.0 Å². The second-order valence-electron chi connectivity index (χ2n) is 6.62. The van der Waals surface area contributed by atoms with E-state index in [1.807, 2.05) is 25.6 Å². The number of halogens is 1. The quantitative estimate of drug-likeness (QED) is 0.728. The molecule has 0 aliphatic carbocycles. The second kappa shape index (κ2) is 7.90. The van der Waals surface area contributed by atoms with Crippen molar-refractivity contribution >= 4 is 38.9 Å². The lowest BCUT2D eigenvalue weighted by molar-refractivity contribution is -0.132. The van der Waals surface area contributed by atoms with Crippen LogP contribution in [-0.4, -0.2) is 59.5 Å². The molecule has 27 heavy (non-hydrogen) atoms. The Morgan fingerprint density at radius 2 is 1.89 bits per heavy atom. The Bertz CT molecular complexity index is 944. The van der Waals surface area contributed by atoms with Gasteiger partial charge in [-0.1, -0.05) is 11.6 Å². The molecule has 2 aromatic heterocycles. The predicted octanol–water partition coefficient (Wildman–Crippen LogP) is 2.22. The summed E-state index contributed by atoms with van der Waals surface area (Å²) in [5.74, 6) is 0.0499. The number of nitrogens with zero attached hydrogens (tertiary/aromatic N) is 4. The van der Waals surface area contributed by atoms with Crippen LogP contribution in [0.4, 0.5) is 0 Å². The van der Waals surface area contributed by atoms with Crippen molar-refractivity contribution in [1.29, 1.82) is 0 Å². The molecule has 1 fully saturated rings. The summed E-state index contributed by atoms with van der Waals surface area (Å²) in [4.78, 5) is 14.3. The van der Waals surface area contributed by atoms with Gasteiger partial charge in [0.05, 0.1) is 10.0 Å². The highest BCUT2D eigenvalue weighted by Gasteiger charge is 2.31. The number of aromatic nitrogens is 2. The molecule has 0 saturated carbocycles. The van der Waals surface area contributed by atoms with Crippen LogP contribution in [0.15, 0.2) is 16.3 Å². The van der Waals surface area contributed by atoms with Crippen LogP contribution < -0.4 is 0 Å². The maximum absolute atomic E-state index is 12.6. The van der Waals surface area contributed by atoms with Crippen molar-refractivity contribution in [3.63, 3.8) is 0 Å². The van der Waals surface area contributed by atoms with Crippen molar-refractivity contribution in [3.8, 4) is 0 Å². The molecule has 3 rings (SSSR count). The van der Waals surface area contributed by atoms with Gasteiger partial charge < -0.3 is 4.90 Å². The molecule has 1 amide bonds. The minimum absolute atomic E-state index is 0.0499. The summed E-state index contributed by atoms with van der Waals surface area (Å²) in [7, 11) is -1.64. The van der Waals surface area contributed by atoms with Crippen LogP contribution in [0.5, 0.6) is 0 Å². The van der Waals surface area contributed by atoms with E-state index in [9.17, 15) is 13.2 Å². The Labute approximate surface area is 168 Å². The molecule has 1 aliphatic heterocycles. The number of amides is 1. The van der Waals surface area contributed by atoms with E-state index in [0.29, 0.717) is 43.4 Å². The second-order valence-corrected chi connectivity index (χ2v) is 10.5. The first kappa shape index (κ1) is 20.3. The monoisotopic (exact) mass is 430 g/mol. The molecule has 0 radical (unpaired) electrons. The summed E-state index contributed by atoms with van der Waals surface area (Å²) in [6.07, 6.45) is 1.05. The smallest absolute Gasteiger partial charge is 0.252 e. The third-order valence-corrected chi connectivity index (χ3v) is 8.58. The molecule has 0 spiro atoms. The largest absolute Gasteiger partial charge is 0.340 e. The molecule has 3 heterocycles. The third-order valence-electron chi connectivity index (χ3n) is 4.98. The van der Waals surface area contributed by atoms with Crippen LogP contribution in [0.3, 0.4) is 0 Å². The van der Waals surface area contributed by atoms with Crippen LogP contribution in [0.25, 0.3) is 0 Å². The number of carbonyl (C=O) groups excluding carboxylic acids is 1. The molecule has 0 atom stereocenters. The van der Waals surface area contributed by atoms with E-state index < -0.39 is 10.0 Å². The van der Waals surface area contributed by atoms with E-state index in [1.54, 1.807) is 11.0 Å². The number of sulfonamides is 1. The van der Waals surface area contributed by atoms with Crippen molar-refractivity contribution in [3.05, 3.63) is 33.4 Å². The van der Waals surface area contributed by atoms with Gasteiger partial charge in [-0.3, -0.25) is 9.48 Å². The van der Waals surface area contributed by atoms with E-state index in [4.69, 9.17) is 11.6 Å². The summed E-state index contributed by atoms with van der Waals surface area (Å²) >= 11 is 6.91. The summed E-state index contributed by atoms with van der Waals surface area (Å²) < 4.78 is 29.2. The minimum atomic E-state index is -3.54. The van der Waals surface area contributed by atoms with Crippen molar-refractivity contribution in [2.75, 3.05) is 26.2 Å². The van der Waals surface area contributed by atoms with Crippen LogP contribution in [0, 0.1) is 13.8 Å². The molecular formula is C17H23ClN4O3S2. The summed E-state index contributed by atoms with van der Waals surface area (Å²) in [5, 5.41) is 4.38. The lowest BCUT2D eigenvalue weighted by Gasteiger charge is -2.33. The highest BCUT2D eigenvalue weighted by molar-refractivity contribution is 7.91. The lowest BCUT2D eigenvalue weighted by atomic mass is 10.1. The maximum atomic E-state index is 12.6. The Morgan fingerprint density at radius 1 is 1.22 bits per heavy atom. The highest BCUT2D eigenvalue weighted by Crippen LogP contribution is 2.28. The van der Waals surface area contributed by atoms with Crippen molar-refractivity contribution in [2.45, 2.75) is 30.9 Å². The Hall–Kier alpha value is -1.42. The number of piperazine rings is 1. The highest BCUT2D eigenvalue weighted by atomic mass is 35.5. The normalized spacial score (nSPS) is 16.1. The topological polar surface area (TPSA) is 75.5 Å². The number of aryl methyl sites for hydroxylation is 2. The average molecular weight is 431 g/mol. The standard InChI is InChI=1S/C17H23ClN4O3S2/c1-12-14(13(2)20(3)19-12)4-6-16(23)21-8-10-22(11-9-21)27(24,25)17-7-5-15(18)26-17/h5,7H,4,6,8-11H2,1-3H3. The van der Waals surface area contributed by atoms with Gasteiger partial charge in [0.2, 0.25) is 5.91 Å². The number of hydrogen-bond donors (Lipinski definition) is 0. The van der Waals surface area contributed by atoms with Crippen LogP contribution >= 0.6 is 22.9 Å². The van der Waals surface area contributed by atoms with Crippen molar-refractivity contribution in [2.24, 2.45) is 7.05 Å². The van der Waals surface area contributed by atoms with Gasteiger partial charge in [0, 0.05) is 45.3 Å². The van der Waals surface area contributed by atoms with Crippen LogP contribution in [0.2, 0.25) is 4.34 Å². The molecule has 1 saturated heterocycles. The summed E-state index contributed by atoms with van der Waals surface area (Å²) in [5.41, 5.74) is 3.14. The molecule has 0 aromatic carbocycles. The Kier molecular flexibility index (Phi) is 5.95. The first-order chi connectivity index (χ1) is 12.7. The lowest BCUT2D eigenvalue weighted by Crippen LogP contribution is -2.50. The van der Waals surface area contributed by atoms with Crippen LogP contribution in [-0.2, 0) is 28.3 Å². The summed E-state index contributed by atoms with van der Waals surface area (Å²) in [6, 6.07) is 3.11. The first-order valence-corrected chi connectivity index (χ1v) is 11.4. The third kappa shape index (κ3) is 4.21. The van der Waals surface area contributed by atoms with Gasteiger partial charge in [-0.2, -0.15) is 9.40 Å². The Morgan fingerprint density at radius 3 is 2.41 bits per heavy atom. The fourth-order valence-electron chi connectivity index (χ4n) is 3.31.